The normalized spacial score (nSPS) is 13.5. The van der Waals surface area contributed by atoms with Crippen molar-refractivity contribution in [1.82, 2.24) is 10.2 Å². The van der Waals surface area contributed by atoms with Gasteiger partial charge in [0.1, 0.15) is 5.75 Å². The van der Waals surface area contributed by atoms with Gasteiger partial charge in [0.05, 0.1) is 12.9 Å². The fraction of sp³-hybridized carbons (Fsp3) is 0.400. The summed E-state index contributed by atoms with van der Waals surface area (Å²) < 4.78 is 5.36. The predicted molar refractivity (Wildman–Crippen MR) is 127 cm³/mol. The molecule has 0 bridgehead atoms. The average Bonchev–Trinajstić information content (AvgIpc) is 2.83. The number of nitrogens with zero attached hydrogens (tertiary/aromatic N) is 1. The number of rotatable bonds is 9. The highest BCUT2D eigenvalue weighted by atomic mass is 32.2. The van der Waals surface area contributed by atoms with Crippen molar-refractivity contribution in [1.29, 1.82) is 0 Å². The maximum Gasteiger partial charge on any atom is 0.253 e. The lowest BCUT2D eigenvalue weighted by Gasteiger charge is -2.26. The number of carbonyl (C=O) groups is 3. The minimum Gasteiger partial charge on any atom is -0.496 e. The summed E-state index contributed by atoms with van der Waals surface area (Å²) in [4.78, 5) is 38.3. The first-order chi connectivity index (χ1) is 15.5. The van der Waals surface area contributed by atoms with E-state index < -0.39 is 0 Å². The molecule has 0 spiro atoms. The molecule has 2 aromatic rings. The van der Waals surface area contributed by atoms with Crippen LogP contribution in [0.5, 0.6) is 5.75 Å². The molecule has 0 aromatic heterocycles. The van der Waals surface area contributed by atoms with Gasteiger partial charge in [-0.25, -0.2) is 0 Å². The first-order valence-electron chi connectivity index (χ1n) is 10.9. The molecular formula is C25H30N2O4S. The second-order valence-corrected chi connectivity index (χ2v) is 8.89. The number of carbonyl (C=O) groups excluding carboxylic acids is 3. The zero-order valence-corrected chi connectivity index (χ0v) is 19.5. The van der Waals surface area contributed by atoms with Gasteiger partial charge in [-0.15, -0.1) is 11.8 Å². The Bertz CT molecular complexity index is 953. The van der Waals surface area contributed by atoms with Crippen LogP contribution in [0.3, 0.4) is 0 Å². The van der Waals surface area contributed by atoms with E-state index >= 15 is 0 Å². The van der Waals surface area contributed by atoms with Gasteiger partial charge in [0.25, 0.3) is 5.91 Å². The van der Waals surface area contributed by atoms with Crippen LogP contribution in [-0.2, 0) is 17.1 Å². The highest BCUT2D eigenvalue weighted by Gasteiger charge is 2.18. The lowest BCUT2D eigenvalue weighted by Crippen LogP contribution is -2.35. The molecule has 170 valence electrons. The van der Waals surface area contributed by atoms with Crippen LogP contribution in [0.2, 0.25) is 0 Å². The van der Waals surface area contributed by atoms with Gasteiger partial charge < -0.3 is 15.0 Å². The van der Waals surface area contributed by atoms with Crippen molar-refractivity contribution in [3.63, 3.8) is 0 Å². The van der Waals surface area contributed by atoms with Crippen molar-refractivity contribution in [3.8, 4) is 5.75 Å². The Hall–Kier alpha value is -2.80. The Morgan fingerprint density at radius 2 is 1.69 bits per heavy atom. The quantitative estimate of drug-likeness (QED) is 0.578. The topological polar surface area (TPSA) is 75.7 Å². The van der Waals surface area contributed by atoms with Gasteiger partial charge in [0.15, 0.2) is 5.78 Å². The van der Waals surface area contributed by atoms with E-state index in [1.165, 1.54) is 25.1 Å². The molecule has 6 nitrogen and oxygen atoms in total. The minimum absolute atomic E-state index is 0.000271. The number of ketones is 1. The maximum atomic E-state index is 12.5. The van der Waals surface area contributed by atoms with Crippen molar-refractivity contribution in [2.75, 3.05) is 26.0 Å². The summed E-state index contributed by atoms with van der Waals surface area (Å²) in [6.07, 6.45) is 3.34. The summed E-state index contributed by atoms with van der Waals surface area (Å²) in [7, 11) is 1.59. The second kappa shape index (κ2) is 11.7. The van der Waals surface area contributed by atoms with Gasteiger partial charge >= 0.3 is 0 Å². The third-order valence-electron chi connectivity index (χ3n) is 5.51. The van der Waals surface area contributed by atoms with E-state index in [1.807, 2.05) is 35.2 Å². The Balaban J connectivity index is 1.44. The highest BCUT2D eigenvalue weighted by Crippen LogP contribution is 2.25. The van der Waals surface area contributed by atoms with Crippen LogP contribution in [-0.4, -0.2) is 48.4 Å². The van der Waals surface area contributed by atoms with Gasteiger partial charge in [-0.3, -0.25) is 14.4 Å². The Kier molecular flexibility index (Phi) is 8.73. The number of methoxy groups -OCH3 is 1. The average molecular weight is 455 g/mol. The zero-order chi connectivity index (χ0) is 22.9. The van der Waals surface area contributed by atoms with Crippen LogP contribution in [0.15, 0.2) is 42.5 Å². The molecule has 2 amide bonds. The number of Topliss-reactive ketones (excluding diaryl/α,β-unsaturated/α-hetero) is 1. The summed E-state index contributed by atoms with van der Waals surface area (Å²) in [5, 5.41) is 2.92. The molecule has 1 saturated heterocycles. The Morgan fingerprint density at radius 1 is 1.00 bits per heavy atom. The molecule has 3 rings (SSSR count). The van der Waals surface area contributed by atoms with Crippen LogP contribution in [0.4, 0.5) is 0 Å². The van der Waals surface area contributed by atoms with Crippen LogP contribution in [0, 0.1) is 0 Å². The van der Waals surface area contributed by atoms with E-state index in [0.717, 1.165) is 37.1 Å². The molecule has 7 heteroatoms. The lowest BCUT2D eigenvalue weighted by molar-refractivity contribution is -0.118. The third kappa shape index (κ3) is 6.60. The molecule has 0 atom stereocenters. The standard InChI is InChI=1S/C25H30N2O4S/c1-18(28)21-10-11-23(31-2)22(14-21)16-32-17-24(29)26-15-19-6-8-20(9-7-19)25(30)27-12-4-3-5-13-27/h6-11,14H,3-5,12-13,15-17H2,1-2H3,(H,26,29). The van der Waals surface area contributed by atoms with E-state index in [4.69, 9.17) is 4.74 Å². The number of amides is 2. The van der Waals surface area contributed by atoms with Crippen molar-refractivity contribution in [3.05, 3.63) is 64.7 Å². The van der Waals surface area contributed by atoms with Gasteiger partial charge in [0, 0.05) is 42.1 Å². The van der Waals surface area contributed by atoms with Crippen molar-refractivity contribution < 1.29 is 19.1 Å². The number of ether oxygens (including phenoxy) is 1. The molecule has 2 aromatic carbocycles. The van der Waals surface area contributed by atoms with Gasteiger partial charge in [0.2, 0.25) is 5.91 Å². The molecule has 1 fully saturated rings. The van der Waals surface area contributed by atoms with Gasteiger partial charge in [-0.05, 0) is 62.1 Å². The zero-order valence-electron chi connectivity index (χ0n) is 18.7. The number of likely N-dealkylation sites (tertiary alicyclic amines) is 1. The first kappa shape index (κ1) is 23.9. The summed E-state index contributed by atoms with van der Waals surface area (Å²) in [5.74, 6) is 1.61. The van der Waals surface area contributed by atoms with Crippen LogP contribution < -0.4 is 10.1 Å². The maximum absolute atomic E-state index is 12.5. The van der Waals surface area contributed by atoms with Gasteiger partial charge in [-0.1, -0.05) is 12.1 Å². The molecule has 0 radical (unpaired) electrons. The summed E-state index contributed by atoms with van der Waals surface area (Å²) in [6, 6.07) is 12.8. The molecule has 0 saturated carbocycles. The second-order valence-electron chi connectivity index (χ2n) is 7.90. The SMILES string of the molecule is COc1ccc(C(C)=O)cc1CSCC(=O)NCc1ccc(C(=O)N2CCCCC2)cc1. The van der Waals surface area contributed by atoms with Crippen LogP contribution in [0.25, 0.3) is 0 Å². The summed E-state index contributed by atoms with van der Waals surface area (Å²) in [5.41, 5.74) is 3.17. The number of nitrogens with one attached hydrogen (secondary N) is 1. The summed E-state index contributed by atoms with van der Waals surface area (Å²) in [6.45, 7) is 3.61. The number of thioether (sulfide) groups is 1. The monoisotopic (exact) mass is 454 g/mol. The molecule has 0 unspecified atom stereocenters. The van der Waals surface area contributed by atoms with Crippen LogP contribution >= 0.6 is 11.8 Å². The smallest absolute Gasteiger partial charge is 0.253 e. The van der Waals surface area contributed by atoms with Crippen molar-refractivity contribution in [2.45, 2.75) is 38.5 Å². The predicted octanol–water partition coefficient (Wildman–Crippen LogP) is 4.07. The molecular weight excluding hydrogens is 424 g/mol. The highest BCUT2D eigenvalue weighted by molar-refractivity contribution is 7.99. The van der Waals surface area contributed by atoms with E-state index in [-0.39, 0.29) is 17.6 Å². The molecule has 32 heavy (non-hydrogen) atoms. The summed E-state index contributed by atoms with van der Waals surface area (Å²) >= 11 is 1.47. The lowest BCUT2D eigenvalue weighted by atomic mass is 10.1. The van der Waals surface area contributed by atoms with Crippen LogP contribution in [0.1, 0.15) is 58.0 Å². The first-order valence-corrected chi connectivity index (χ1v) is 12.0. The molecule has 1 aliphatic rings. The number of hydrogen-bond donors (Lipinski definition) is 1. The molecule has 1 N–H and O–H groups in total. The largest absolute Gasteiger partial charge is 0.496 e. The minimum atomic E-state index is -0.0647. The molecule has 1 aliphatic heterocycles. The molecule has 1 heterocycles. The van der Waals surface area contributed by atoms with E-state index in [1.54, 1.807) is 19.2 Å². The fourth-order valence-corrected chi connectivity index (χ4v) is 4.50. The van der Waals surface area contributed by atoms with E-state index in [0.29, 0.717) is 34.9 Å². The van der Waals surface area contributed by atoms with Crippen molar-refractivity contribution >= 4 is 29.4 Å². The Labute approximate surface area is 193 Å². The number of hydrogen-bond acceptors (Lipinski definition) is 5. The fourth-order valence-electron chi connectivity index (χ4n) is 3.66. The molecule has 0 aliphatic carbocycles. The number of benzene rings is 2. The Morgan fingerprint density at radius 3 is 2.34 bits per heavy atom. The number of piperidine rings is 1. The van der Waals surface area contributed by atoms with E-state index in [2.05, 4.69) is 5.32 Å². The van der Waals surface area contributed by atoms with E-state index in [9.17, 15) is 14.4 Å². The van der Waals surface area contributed by atoms with Crippen molar-refractivity contribution in [2.24, 2.45) is 0 Å². The van der Waals surface area contributed by atoms with Gasteiger partial charge in [-0.2, -0.15) is 0 Å². The third-order valence-corrected chi connectivity index (χ3v) is 6.49.